The summed E-state index contributed by atoms with van der Waals surface area (Å²) in [5.74, 6) is -0.865. The lowest BCUT2D eigenvalue weighted by Gasteiger charge is -2.00. The minimum atomic E-state index is -0.460. The quantitative estimate of drug-likeness (QED) is 0.861. The van der Waals surface area contributed by atoms with Gasteiger partial charge in [0.15, 0.2) is 10.6 Å². The molecular weight excluding hydrogens is 279 g/mol. The lowest BCUT2D eigenvalue weighted by Crippen LogP contribution is -2.04. The Kier molecular flexibility index (Phi) is 2.91. The average Bonchev–Trinajstić information content (AvgIpc) is 2.59. The number of hydrogen-bond donors (Lipinski definition) is 1. The lowest BCUT2D eigenvalue weighted by atomic mass is 10.1. The molecule has 1 aromatic carbocycles. The van der Waals surface area contributed by atoms with Crippen molar-refractivity contribution in [2.75, 3.05) is 7.11 Å². The number of imidazole rings is 1. The molecule has 0 atom stereocenters. The van der Waals surface area contributed by atoms with E-state index in [4.69, 9.17) is 0 Å². The molecule has 4 nitrogen and oxygen atoms in total. The van der Waals surface area contributed by atoms with E-state index in [-0.39, 0.29) is 11.9 Å². The van der Waals surface area contributed by atoms with Gasteiger partial charge >= 0.3 is 5.97 Å². The minimum Gasteiger partial charge on any atom is -0.469 e. The fraction of sp³-hybridized carbons (Fsp3) is 0.200. The molecule has 0 radical (unpaired) electrons. The third-order valence-electron chi connectivity index (χ3n) is 2.15. The van der Waals surface area contributed by atoms with Crippen LogP contribution in [0, 0.1) is 5.82 Å². The van der Waals surface area contributed by atoms with Crippen molar-refractivity contribution in [2.24, 2.45) is 0 Å². The van der Waals surface area contributed by atoms with Gasteiger partial charge in [0.25, 0.3) is 0 Å². The Morgan fingerprint density at radius 2 is 2.38 bits per heavy atom. The lowest BCUT2D eigenvalue weighted by molar-refractivity contribution is -0.139. The Balaban J connectivity index is 2.45. The number of nitrogens with one attached hydrogen (secondary N) is 1. The maximum atomic E-state index is 13.6. The van der Waals surface area contributed by atoms with Gasteiger partial charge in [-0.05, 0) is 33.6 Å². The van der Waals surface area contributed by atoms with Crippen LogP contribution < -0.4 is 0 Å². The number of halogens is 2. The van der Waals surface area contributed by atoms with Crippen molar-refractivity contribution in [3.8, 4) is 0 Å². The van der Waals surface area contributed by atoms with Crippen LogP contribution in [0.2, 0.25) is 0 Å². The van der Waals surface area contributed by atoms with Crippen LogP contribution in [0.1, 0.15) is 5.56 Å². The van der Waals surface area contributed by atoms with Crippen molar-refractivity contribution in [1.29, 1.82) is 0 Å². The standard InChI is InChI=1S/C10H8BrFN2O2/c1-16-8(15)4-5-2-6(12)9-7(3-5)13-10(11)14-9/h2-3H,4H2,1H3,(H,13,14). The average molecular weight is 287 g/mol. The number of nitrogens with zero attached hydrogens (tertiary/aromatic N) is 1. The molecule has 1 N–H and O–H groups in total. The number of aromatic amines is 1. The largest absolute Gasteiger partial charge is 0.469 e. The molecule has 16 heavy (non-hydrogen) atoms. The summed E-state index contributed by atoms with van der Waals surface area (Å²) in [5.41, 5.74) is 1.35. The number of ether oxygens (including phenoxy) is 1. The van der Waals surface area contributed by atoms with Crippen LogP contribution in [0.25, 0.3) is 11.0 Å². The SMILES string of the molecule is COC(=O)Cc1cc(F)c2nc(Br)[nH]c2c1. The van der Waals surface area contributed by atoms with Crippen LogP contribution in [0.4, 0.5) is 4.39 Å². The molecule has 2 aromatic rings. The minimum absolute atomic E-state index is 0.0417. The zero-order valence-corrected chi connectivity index (χ0v) is 9.97. The Hall–Kier alpha value is -1.43. The van der Waals surface area contributed by atoms with Crippen molar-refractivity contribution in [3.63, 3.8) is 0 Å². The fourth-order valence-corrected chi connectivity index (χ4v) is 1.83. The van der Waals surface area contributed by atoms with Crippen LogP contribution >= 0.6 is 15.9 Å². The third-order valence-corrected chi connectivity index (χ3v) is 2.52. The molecule has 0 fully saturated rings. The highest BCUT2D eigenvalue weighted by molar-refractivity contribution is 9.10. The van der Waals surface area contributed by atoms with Crippen molar-refractivity contribution >= 4 is 32.9 Å². The van der Waals surface area contributed by atoms with Gasteiger partial charge in [0, 0.05) is 0 Å². The molecule has 0 amide bonds. The van der Waals surface area contributed by atoms with Gasteiger partial charge in [-0.15, -0.1) is 0 Å². The zero-order chi connectivity index (χ0) is 11.7. The third kappa shape index (κ3) is 2.06. The van der Waals surface area contributed by atoms with Crippen molar-refractivity contribution in [2.45, 2.75) is 6.42 Å². The molecule has 0 aliphatic carbocycles. The Morgan fingerprint density at radius 1 is 1.62 bits per heavy atom. The van der Waals surface area contributed by atoms with Gasteiger partial charge in [-0.1, -0.05) is 0 Å². The first-order valence-corrected chi connectivity index (χ1v) is 5.30. The highest BCUT2D eigenvalue weighted by atomic mass is 79.9. The number of carbonyl (C=O) groups excluding carboxylic acids is 1. The van der Waals surface area contributed by atoms with Crippen LogP contribution in [0.3, 0.4) is 0 Å². The molecule has 1 heterocycles. The van der Waals surface area contributed by atoms with Crippen LogP contribution in [-0.4, -0.2) is 23.0 Å². The number of esters is 1. The predicted octanol–water partition coefficient (Wildman–Crippen LogP) is 2.18. The summed E-state index contributed by atoms with van der Waals surface area (Å²) in [7, 11) is 1.30. The van der Waals surface area contributed by atoms with Gasteiger partial charge < -0.3 is 9.72 Å². The topological polar surface area (TPSA) is 55.0 Å². The fourth-order valence-electron chi connectivity index (χ4n) is 1.44. The van der Waals surface area contributed by atoms with E-state index in [1.54, 1.807) is 6.07 Å². The summed E-state index contributed by atoms with van der Waals surface area (Å²) in [5, 5.41) is 0. The maximum absolute atomic E-state index is 13.6. The van der Waals surface area contributed by atoms with Crippen molar-refractivity contribution in [3.05, 3.63) is 28.2 Å². The Bertz CT molecular complexity index is 553. The summed E-state index contributed by atoms with van der Waals surface area (Å²) >= 11 is 3.12. The first-order chi connectivity index (χ1) is 7.60. The number of hydrogen-bond acceptors (Lipinski definition) is 3. The number of benzene rings is 1. The summed E-state index contributed by atoms with van der Waals surface area (Å²) in [6.07, 6.45) is 0.0417. The number of methoxy groups -OCH3 is 1. The van der Waals surface area contributed by atoms with Gasteiger partial charge in [0.05, 0.1) is 19.0 Å². The van der Waals surface area contributed by atoms with Gasteiger partial charge in [-0.3, -0.25) is 4.79 Å². The van der Waals surface area contributed by atoms with Gasteiger partial charge in [0.1, 0.15) is 5.52 Å². The molecule has 0 unspecified atom stereocenters. The first-order valence-electron chi connectivity index (χ1n) is 4.50. The molecular formula is C10H8BrFN2O2. The molecule has 0 aliphatic heterocycles. The smallest absolute Gasteiger partial charge is 0.309 e. The number of rotatable bonds is 2. The highest BCUT2D eigenvalue weighted by Gasteiger charge is 2.10. The summed E-state index contributed by atoms with van der Waals surface area (Å²) in [6.45, 7) is 0. The first kappa shape index (κ1) is 11.1. The molecule has 0 saturated heterocycles. The molecule has 0 spiro atoms. The van der Waals surface area contributed by atoms with E-state index >= 15 is 0 Å². The van der Waals surface area contributed by atoms with Gasteiger partial charge in [-0.25, -0.2) is 9.37 Å². The molecule has 1 aromatic heterocycles. The molecule has 84 valence electrons. The van der Waals surface area contributed by atoms with Crippen LogP contribution in [0.5, 0.6) is 0 Å². The maximum Gasteiger partial charge on any atom is 0.309 e. The van der Waals surface area contributed by atoms with E-state index in [0.717, 1.165) is 0 Å². The molecule has 2 rings (SSSR count). The summed E-state index contributed by atoms with van der Waals surface area (Å²) in [6, 6.07) is 2.96. The van der Waals surface area contributed by atoms with Gasteiger partial charge in [-0.2, -0.15) is 0 Å². The van der Waals surface area contributed by atoms with Crippen LogP contribution in [-0.2, 0) is 16.0 Å². The number of H-pyrrole nitrogens is 1. The monoisotopic (exact) mass is 286 g/mol. The van der Waals surface area contributed by atoms with E-state index in [1.165, 1.54) is 13.2 Å². The number of fused-ring (bicyclic) bond motifs is 1. The molecule has 0 bridgehead atoms. The van der Waals surface area contributed by atoms with Gasteiger partial charge in [0.2, 0.25) is 0 Å². The summed E-state index contributed by atoms with van der Waals surface area (Å²) in [4.78, 5) is 17.8. The summed E-state index contributed by atoms with van der Waals surface area (Å²) < 4.78 is 18.5. The molecule has 0 aliphatic rings. The van der Waals surface area contributed by atoms with Crippen molar-refractivity contribution in [1.82, 2.24) is 9.97 Å². The van der Waals surface area contributed by atoms with Crippen LogP contribution in [0.15, 0.2) is 16.9 Å². The van der Waals surface area contributed by atoms with E-state index in [9.17, 15) is 9.18 Å². The molecule has 0 saturated carbocycles. The normalized spacial score (nSPS) is 10.7. The second-order valence-electron chi connectivity index (χ2n) is 3.25. The van der Waals surface area contributed by atoms with E-state index in [2.05, 4.69) is 30.6 Å². The van der Waals surface area contributed by atoms with E-state index in [0.29, 0.717) is 15.8 Å². The highest BCUT2D eigenvalue weighted by Crippen LogP contribution is 2.20. The van der Waals surface area contributed by atoms with E-state index < -0.39 is 11.8 Å². The molecule has 6 heteroatoms. The van der Waals surface area contributed by atoms with E-state index in [1.807, 2.05) is 0 Å². The van der Waals surface area contributed by atoms with Crippen molar-refractivity contribution < 1.29 is 13.9 Å². The second-order valence-corrected chi connectivity index (χ2v) is 4.01. The Morgan fingerprint density at radius 3 is 3.06 bits per heavy atom. The second kappa shape index (κ2) is 4.21. The Labute approximate surface area is 98.9 Å². The predicted molar refractivity (Wildman–Crippen MR) is 59.5 cm³/mol. The number of aromatic nitrogens is 2. The zero-order valence-electron chi connectivity index (χ0n) is 8.38. The number of carbonyl (C=O) groups is 1.